The average Bonchev–Trinajstić information content (AvgIpc) is 2.38. The van der Waals surface area contributed by atoms with E-state index >= 15 is 0 Å². The molecule has 1 aliphatic heterocycles. The monoisotopic (exact) mass is 331 g/mol. The summed E-state index contributed by atoms with van der Waals surface area (Å²) in [6, 6.07) is 6.38. The first-order chi connectivity index (χ1) is 8.74. The Kier molecular flexibility index (Phi) is 5.58. The third-order valence-electron chi connectivity index (χ3n) is 2.87. The zero-order valence-corrected chi connectivity index (χ0v) is 13.3. The van der Waals surface area contributed by atoms with Crippen molar-refractivity contribution in [2.24, 2.45) is 0 Å². The van der Waals surface area contributed by atoms with Gasteiger partial charge in [-0.05, 0) is 36.6 Å². The Morgan fingerprint density at radius 1 is 1.44 bits per heavy atom. The molecule has 0 fully saturated rings. The third-order valence-corrected chi connectivity index (χ3v) is 4.87. The Morgan fingerprint density at radius 3 is 3.00 bits per heavy atom. The molecule has 0 aromatic heterocycles. The number of hydrogen-bond acceptors (Lipinski definition) is 3. The van der Waals surface area contributed by atoms with Crippen LogP contribution in [0.2, 0.25) is 0 Å². The van der Waals surface area contributed by atoms with Gasteiger partial charge in [-0.3, -0.25) is 5.32 Å². The molecular formula is C13H19BrNO2P. The second-order valence-corrected chi connectivity index (χ2v) is 6.78. The molecule has 0 spiro atoms. The highest BCUT2D eigenvalue weighted by Crippen LogP contribution is 2.43. The summed E-state index contributed by atoms with van der Waals surface area (Å²) in [7, 11) is -0.788. The standard InChI is InChI=1S/C13H19BrNO2P/c1-3-16-18(4-2)17-13-12-6-5-11(14)9-10(12)7-8-15-13/h5-6,9,13,15H,3-4,7-8H2,1-2H3. The molecule has 1 N–H and O–H groups in total. The molecule has 3 nitrogen and oxygen atoms in total. The Bertz CT molecular complexity index is 403. The predicted molar refractivity (Wildman–Crippen MR) is 78.8 cm³/mol. The van der Waals surface area contributed by atoms with Crippen LogP contribution in [-0.2, 0) is 15.5 Å². The average molecular weight is 332 g/mol. The van der Waals surface area contributed by atoms with Crippen molar-refractivity contribution in [1.29, 1.82) is 0 Å². The Balaban J connectivity index is 2.12. The second kappa shape index (κ2) is 6.97. The van der Waals surface area contributed by atoms with Gasteiger partial charge in [0.2, 0.25) is 0 Å². The van der Waals surface area contributed by atoms with Crippen molar-refractivity contribution in [2.75, 3.05) is 19.3 Å². The van der Waals surface area contributed by atoms with Crippen LogP contribution in [0.25, 0.3) is 0 Å². The molecule has 0 bridgehead atoms. The van der Waals surface area contributed by atoms with Crippen LogP contribution in [0.3, 0.4) is 0 Å². The maximum atomic E-state index is 6.06. The van der Waals surface area contributed by atoms with Crippen molar-refractivity contribution in [2.45, 2.75) is 26.5 Å². The second-order valence-electron chi connectivity index (χ2n) is 4.10. The van der Waals surface area contributed by atoms with E-state index in [0.717, 1.165) is 23.6 Å². The summed E-state index contributed by atoms with van der Waals surface area (Å²) >= 11 is 3.52. The van der Waals surface area contributed by atoms with Crippen LogP contribution in [-0.4, -0.2) is 19.3 Å². The molecule has 2 unspecified atom stereocenters. The molecular weight excluding hydrogens is 313 g/mol. The highest BCUT2D eigenvalue weighted by atomic mass is 79.9. The Labute approximate surface area is 118 Å². The van der Waals surface area contributed by atoms with Gasteiger partial charge in [0.25, 0.3) is 0 Å². The lowest BCUT2D eigenvalue weighted by Gasteiger charge is -2.29. The van der Waals surface area contributed by atoms with Gasteiger partial charge in [0, 0.05) is 17.2 Å². The minimum Gasteiger partial charge on any atom is -0.334 e. The number of rotatable bonds is 5. The first-order valence-electron chi connectivity index (χ1n) is 6.33. The molecule has 2 rings (SSSR count). The summed E-state index contributed by atoms with van der Waals surface area (Å²) in [5.41, 5.74) is 2.60. The van der Waals surface area contributed by atoms with Crippen molar-refractivity contribution in [3.8, 4) is 0 Å². The van der Waals surface area contributed by atoms with Crippen LogP contribution < -0.4 is 5.32 Å². The molecule has 5 heteroatoms. The van der Waals surface area contributed by atoms with Gasteiger partial charge < -0.3 is 9.05 Å². The lowest BCUT2D eigenvalue weighted by Crippen LogP contribution is -2.31. The molecule has 1 heterocycles. The topological polar surface area (TPSA) is 30.5 Å². The molecule has 18 heavy (non-hydrogen) atoms. The first kappa shape index (κ1) is 14.4. The highest BCUT2D eigenvalue weighted by molar-refractivity contribution is 9.10. The number of nitrogens with one attached hydrogen (secondary N) is 1. The van der Waals surface area contributed by atoms with Gasteiger partial charge in [-0.25, -0.2) is 0 Å². The van der Waals surface area contributed by atoms with Crippen LogP contribution in [0.15, 0.2) is 22.7 Å². The quantitative estimate of drug-likeness (QED) is 0.828. The van der Waals surface area contributed by atoms with Crippen LogP contribution in [0.4, 0.5) is 0 Å². The van der Waals surface area contributed by atoms with Gasteiger partial charge in [-0.15, -0.1) is 0 Å². The molecule has 0 radical (unpaired) electrons. The Morgan fingerprint density at radius 2 is 2.28 bits per heavy atom. The lowest BCUT2D eigenvalue weighted by molar-refractivity contribution is 0.146. The van der Waals surface area contributed by atoms with Crippen molar-refractivity contribution in [3.05, 3.63) is 33.8 Å². The van der Waals surface area contributed by atoms with Gasteiger partial charge in [-0.2, -0.15) is 0 Å². The van der Waals surface area contributed by atoms with Gasteiger partial charge >= 0.3 is 0 Å². The summed E-state index contributed by atoms with van der Waals surface area (Å²) in [6.07, 6.45) is 1.94. The zero-order chi connectivity index (χ0) is 13.0. The smallest absolute Gasteiger partial charge is 0.172 e. The molecule has 1 aliphatic rings. The van der Waals surface area contributed by atoms with E-state index in [-0.39, 0.29) is 6.23 Å². The summed E-state index contributed by atoms with van der Waals surface area (Å²) < 4.78 is 12.8. The van der Waals surface area contributed by atoms with Crippen molar-refractivity contribution < 1.29 is 9.05 Å². The molecule has 0 amide bonds. The van der Waals surface area contributed by atoms with Gasteiger partial charge in [-0.1, -0.05) is 28.9 Å². The van der Waals surface area contributed by atoms with E-state index in [0.29, 0.717) is 6.61 Å². The van der Waals surface area contributed by atoms with E-state index < -0.39 is 8.38 Å². The maximum absolute atomic E-state index is 6.06. The number of fused-ring (bicyclic) bond motifs is 1. The number of hydrogen-bond donors (Lipinski definition) is 1. The van der Waals surface area contributed by atoms with E-state index in [1.807, 2.05) is 6.92 Å². The minimum absolute atomic E-state index is 0.0283. The zero-order valence-electron chi connectivity index (χ0n) is 10.8. The van der Waals surface area contributed by atoms with Gasteiger partial charge in [0.1, 0.15) is 6.23 Å². The summed E-state index contributed by atoms with van der Waals surface area (Å²) in [4.78, 5) is 0. The highest BCUT2D eigenvalue weighted by Gasteiger charge is 2.23. The minimum atomic E-state index is -0.788. The normalized spacial score (nSPS) is 20.5. The molecule has 0 saturated heterocycles. The van der Waals surface area contributed by atoms with E-state index in [1.165, 1.54) is 11.1 Å². The van der Waals surface area contributed by atoms with Gasteiger partial charge in [0.05, 0.1) is 6.61 Å². The van der Waals surface area contributed by atoms with Crippen LogP contribution >= 0.6 is 24.3 Å². The fourth-order valence-corrected chi connectivity index (χ4v) is 3.56. The number of halogens is 1. The largest absolute Gasteiger partial charge is 0.334 e. The molecule has 100 valence electrons. The summed E-state index contributed by atoms with van der Waals surface area (Å²) in [6.45, 7) is 5.77. The first-order valence-corrected chi connectivity index (χ1v) is 8.49. The van der Waals surface area contributed by atoms with E-state index in [9.17, 15) is 0 Å². The SMILES string of the molecule is CCOP(CC)OC1NCCc2cc(Br)ccc21. The predicted octanol–water partition coefficient (Wildman–Crippen LogP) is 3.98. The third kappa shape index (κ3) is 3.52. The summed E-state index contributed by atoms with van der Waals surface area (Å²) in [5.74, 6) is 0. The molecule has 1 aromatic rings. The van der Waals surface area contributed by atoms with Crippen LogP contribution in [0.5, 0.6) is 0 Å². The summed E-state index contributed by atoms with van der Waals surface area (Å²) in [5, 5.41) is 3.42. The van der Waals surface area contributed by atoms with Crippen LogP contribution in [0, 0.1) is 0 Å². The van der Waals surface area contributed by atoms with E-state index in [1.54, 1.807) is 0 Å². The fraction of sp³-hybridized carbons (Fsp3) is 0.538. The molecule has 0 aliphatic carbocycles. The molecule has 0 saturated carbocycles. The van der Waals surface area contributed by atoms with E-state index in [4.69, 9.17) is 9.05 Å². The fourth-order valence-electron chi connectivity index (χ4n) is 2.05. The Hall–Kier alpha value is 0.0100. The van der Waals surface area contributed by atoms with Gasteiger partial charge in [0.15, 0.2) is 8.38 Å². The maximum Gasteiger partial charge on any atom is 0.172 e. The van der Waals surface area contributed by atoms with Crippen molar-refractivity contribution in [1.82, 2.24) is 5.32 Å². The van der Waals surface area contributed by atoms with Crippen molar-refractivity contribution >= 4 is 24.3 Å². The number of benzene rings is 1. The van der Waals surface area contributed by atoms with Crippen LogP contribution in [0.1, 0.15) is 31.2 Å². The van der Waals surface area contributed by atoms with E-state index in [2.05, 4.69) is 46.4 Å². The lowest BCUT2D eigenvalue weighted by atomic mass is 10.0. The molecule has 1 aromatic carbocycles. The van der Waals surface area contributed by atoms with Crippen molar-refractivity contribution in [3.63, 3.8) is 0 Å². The molecule has 2 atom stereocenters.